The van der Waals surface area contributed by atoms with Crippen LogP contribution < -0.4 is 15.5 Å². The summed E-state index contributed by atoms with van der Waals surface area (Å²) in [5.41, 5.74) is 2.86. The molecule has 0 aliphatic carbocycles. The maximum atomic E-state index is 3.47. The molecule has 2 aliphatic heterocycles. The molecule has 2 aliphatic rings. The van der Waals surface area contributed by atoms with Gasteiger partial charge >= 0.3 is 0 Å². The molecule has 0 bridgehead atoms. The summed E-state index contributed by atoms with van der Waals surface area (Å²) in [7, 11) is 0. The van der Waals surface area contributed by atoms with Crippen LogP contribution >= 0.6 is 0 Å². The Bertz CT molecular complexity index is 365. The van der Waals surface area contributed by atoms with E-state index in [1.807, 2.05) is 0 Å². The van der Waals surface area contributed by atoms with E-state index >= 15 is 0 Å². The molecule has 1 aromatic carbocycles. The molecule has 3 nitrogen and oxygen atoms in total. The summed E-state index contributed by atoms with van der Waals surface area (Å²) in [4.78, 5) is 2.50. The molecular formula is C14H21N3. The molecule has 2 N–H and O–H groups in total. The number of hydrogen-bond donors (Lipinski definition) is 2. The minimum atomic E-state index is 0.601. The van der Waals surface area contributed by atoms with E-state index in [9.17, 15) is 0 Å². The van der Waals surface area contributed by atoms with Gasteiger partial charge in [-0.1, -0.05) is 12.1 Å². The van der Waals surface area contributed by atoms with Crippen molar-refractivity contribution in [2.75, 3.05) is 31.2 Å². The summed E-state index contributed by atoms with van der Waals surface area (Å²) < 4.78 is 0. The first-order valence-corrected chi connectivity index (χ1v) is 6.70. The highest BCUT2D eigenvalue weighted by molar-refractivity contribution is 5.49. The summed E-state index contributed by atoms with van der Waals surface area (Å²) >= 11 is 0. The number of nitrogens with one attached hydrogen (secondary N) is 2. The first-order chi connectivity index (χ1) is 8.42. The SMILES string of the molecule is c1cc(CC2CNCN2)cc(N2CCCC2)c1. The van der Waals surface area contributed by atoms with E-state index in [0.717, 1.165) is 19.6 Å². The second kappa shape index (κ2) is 5.07. The van der Waals surface area contributed by atoms with Crippen molar-refractivity contribution in [3.63, 3.8) is 0 Å². The van der Waals surface area contributed by atoms with Crippen LogP contribution in [-0.2, 0) is 6.42 Å². The third-order valence-electron chi connectivity index (χ3n) is 3.77. The molecule has 2 saturated heterocycles. The Morgan fingerprint density at radius 2 is 2.12 bits per heavy atom. The molecule has 3 rings (SSSR count). The Hall–Kier alpha value is -1.06. The third kappa shape index (κ3) is 2.61. The molecule has 2 fully saturated rings. The van der Waals surface area contributed by atoms with E-state index in [1.165, 1.54) is 37.2 Å². The monoisotopic (exact) mass is 231 g/mol. The maximum absolute atomic E-state index is 3.47. The zero-order chi connectivity index (χ0) is 11.5. The van der Waals surface area contributed by atoms with Gasteiger partial charge in [0.25, 0.3) is 0 Å². The summed E-state index contributed by atoms with van der Waals surface area (Å²) in [6.45, 7) is 4.50. The van der Waals surface area contributed by atoms with Crippen molar-refractivity contribution in [1.29, 1.82) is 0 Å². The summed E-state index contributed by atoms with van der Waals surface area (Å²) in [5, 5.41) is 6.81. The Morgan fingerprint density at radius 3 is 2.88 bits per heavy atom. The second-order valence-corrected chi connectivity index (χ2v) is 5.10. The van der Waals surface area contributed by atoms with Gasteiger partial charge in [-0.3, -0.25) is 0 Å². The van der Waals surface area contributed by atoms with E-state index < -0.39 is 0 Å². The van der Waals surface area contributed by atoms with E-state index in [4.69, 9.17) is 0 Å². The number of benzene rings is 1. The topological polar surface area (TPSA) is 27.3 Å². The van der Waals surface area contributed by atoms with Crippen molar-refractivity contribution in [1.82, 2.24) is 10.6 Å². The molecule has 2 heterocycles. The molecule has 92 valence electrons. The van der Waals surface area contributed by atoms with Gasteiger partial charge in [-0.15, -0.1) is 0 Å². The minimum absolute atomic E-state index is 0.601. The average Bonchev–Trinajstić information content (AvgIpc) is 3.01. The number of anilines is 1. The lowest BCUT2D eigenvalue weighted by molar-refractivity contribution is 0.629. The predicted octanol–water partition coefficient (Wildman–Crippen LogP) is 1.35. The highest BCUT2D eigenvalue weighted by atomic mass is 15.2. The first kappa shape index (κ1) is 11.1. The lowest BCUT2D eigenvalue weighted by Gasteiger charge is -2.19. The molecule has 1 aromatic rings. The zero-order valence-electron chi connectivity index (χ0n) is 10.3. The average molecular weight is 231 g/mol. The highest BCUT2D eigenvalue weighted by Gasteiger charge is 2.15. The fourth-order valence-electron chi connectivity index (χ4n) is 2.82. The van der Waals surface area contributed by atoms with E-state index in [2.05, 4.69) is 39.8 Å². The standard InChI is InChI=1S/C14H21N3/c1-2-7-17(6-1)14-5-3-4-12(9-14)8-13-10-15-11-16-13/h3-5,9,13,15-16H,1-2,6-8,10-11H2. The molecule has 0 saturated carbocycles. The van der Waals surface area contributed by atoms with Crippen LogP contribution in [0, 0.1) is 0 Å². The van der Waals surface area contributed by atoms with Gasteiger partial charge < -0.3 is 15.5 Å². The minimum Gasteiger partial charge on any atom is -0.372 e. The zero-order valence-corrected chi connectivity index (χ0v) is 10.3. The van der Waals surface area contributed by atoms with Crippen molar-refractivity contribution in [3.8, 4) is 0 Å². The molecular weight excluding hydrogens is 210 g/mol. The fraction of sp³-hybridized carbons (Fsp3) is 0.571. The van der Waals surface area contributed by atoms with Gasteiger partial charge in [-0.25, -0.2) is 0 Å². The van der Waals surface area contributed by atoms with Gasteiger partial charge in [0.05, 0.1) is 0 Å². The number of hydrogen-bond acceptors (Lipinski definition) is 3. The molecule has 0 aromatic heterocycles. The Kier molecular flexibility index (Phi) is 3.29. The first-order valence-electron chi connectivity index (χ1n) is 6.70. The predicted molar refractivity (Wildman–Crippen MR) is 71.4 cm³/mol. The largest absolute Gasteiger partial charge is 0.372 e. The Balaban J connectivity index is 1.69. The quantitative estimate of drug-likeness (QED) is 0.822. The third-order valence-corrected chi connectivity index (χ3v) is 3.77. The Labute approximate surface area is 103 Å². The van der Waals surface area contributed by atoms with Crippen LogP contribution in [-0.4, -0.2) is 32.3 Å². The summed E-state index contributed by atoms with van der Waals surface area (Å²) in [6.07, 6.45) is 3.82. The van der Waals surface area contributed by atoms with Gasteiger partial charge in [0, 0.05) is 38.0 Å². The fourth-order valence-corrected chi connectivity index (χ4v) is 2.82. The van der Waals surface area contributed by atoms with Crippen molar-refractivity contribution in [2.45, 2.75) is 25.3 Å². The van der Waals surface area contributed by atoms with Crippen molar-refractivity contribution >= 4 is 5.69 Å². The van der Waals surface area contributed by atoms with Crippen molar-refractivity contribution in [2.24, 2.45) is 0 Å². The lowest BCUT2D eigenvalue weighted by Crippen LogP contribution is -2.26. The highest BCUT2D eigenvalue weighted by Crippen LogP contribution is 2.21. The van der Waals surface area contributed by atoms with Gasteiger partial charge in [-0.05, 0) is 37.0 Å². The summed E-state index contributed by atoms with van der Waals surface area (Å²) in [6, 6.07) is 9.66. The smallest absolute Gasteiger partial charge is 0.0457 e. The van der Waals surface area contributed by atoms with Crippen LogP contribution in [0.3, 0.4) is 0 Å². The van der Waals surface area contributed by atoms with Gasteiger partial charge in [-0.2, -0.15) is 0 Å². The number of nitrogens with zero attached hydrogens (tertiary/aromatic N) is 1. The van der Waals surface area contributed by atoms with Crippen LogP contribution in [0.1, 0.15) is 18.4 Å². The van der Waals surface area contributed by atoms with Crippen LogP contribution in [0.25, 0.3) is 0 Å². The van der Waals surface area contributed by atoms with E-state index in [-0.39, 0.29) is 0 Å². The molecule has 17 heavy (non-hydrogen) atoms. The normalized spacial score (nSPS) is 24.5. The van der Waals surface area contributed by atoms with Crippen LogP contribution in [0.15, 0.2) is 24.3 Å². The van der Waals surface area contributed by atoms with Crippen molar-refractivity contribution < 1.29 is 0 Å². The van der Waals surface area contributed by atoms with Crippen molar-refractivity contribution in [3.05, 3.63) is 29.8 Å². The van der Waals surface area contributed by atoms with E-state index in [0.29, 0.717) is 6.04 Å². The molecule has 3 heteroatoms. The van der Waals surface area contributed by atoms with Gasteiger partial charge in [0.2, 0.25) is 0 Å². The van der Waals surface area contributed by atoms with E-state index in [1.54, 1.807) is 0 Å². The number of rotatable bonds is 3. The Morgan fingerprint density at radius 1 is 1.24 bits per heavy atom. The molecule has 0 amide bonds. The molecule has 0 spiro atoms. The summed E-state index contributed by atoms with van der Waals surface area (Å²) in [5.74, 6) is 0. The van der Waals surface area contributed by atoms with Gasteiger partial charge in [0.1, 0.15) is 0 Å². The van der Waals surface area contributed by atoms with Crippen LogP contribution in [0.4, 0.5) is 5.69 Å². The molecule has 1 unspecified atom stereocenters. The molecule has 0 radical (unpaired) electrons. The van der Waals surface area contributed by atoms with Crippen LogP contribution in [0.2, 0.25) is 0 Å². The molecule has 1 atom stereocenters. The maximum Gasteiger partial charge on any atom is 0.0457 e. The lowest BCUT2D eigenvalue weighted by atomic mass is 10.1. The van der Waals surface area contributed by atoms with Gasteiger partial charge in [0.15, 0.2) is 0 Å². The van der Waals surface area contributed by atoms with Crippen LogP contribution in [0.5, 0.6) is 0 Å². The second-order valence-electron chi connectivity index (χ2n) is 5.10.